The normalized spacial score (nSPS) is 21.7. The zero-order chi connectivity index (χ0) is 13.0. The van der Waals surface area contributed by atoms with Crippen molar-refractivity contribution in [2.75, 3.05) is 0 Å². The predicted molar refractivity (Wildman–Crippen MR) is 78.5 cm³/mol. The molecule has 1 aromatic rings. The van der Waals surface area contributed by atoms with Gasteiger partial charge in [0.05, 0.1) is 0 Å². The molecule has 1 nitrogen and oxygen atoms in total. The number of rotatable bonds is 4. The zero-order valence-electron chi connectivity index (χ0n) is 11.9. The summed E-state index contributed by atoms with van der Waals surface area (Å²) in [7, 11) is 0. The molecule has 1 aromatic carbocycles. The Labute approximate surface area is 112 Å². The van der Waals surface area contributed by atoms with Crippen LogP contribution in [0.15, 0.2) is 30.3 Å². The van der Waals surface area contributed by atoms with Crippen LogP contribution in [0, 0.1) is 11.3 Å². The van der Waals surface area contributed by atoms with Crippen LogP contribution in [0.1, 0.15) is 51.5 Å². The fraction of sp³-hybridized carbons (Fsp3) is 0.647. The maximum atomic E-state index is 6.38. The monoisotopic (exact) mass is 245 g/mol. The topological polar surface area (TPSA) is 26.0 Å². The molecule has 18 heavy (non-hydrogen) atoms. The van der Waals surface area contributed by atoms with Gasteiger partial charge in [-0.15, -0.1) is 0 Å². The third kappa shape index (κ3) is 3.84. The first-order chi connectivity index (χ1) is 8.57. The molecule has 0 bridgehead atoms. The molecule has 1 heteroatoms. The van der Waals surface area contributed by atoms with E-state index in [4.69, 9.17) is 5.73 Å². The summed E-state index contributed by atoms with van der Waals surface area (Å²) in [5.41, 5.74) is 8.36. The average molecular weight is 245 g/mol. The van der Waals surface area contributed by atoms with Crippen molar-refractivity contribution in [1.82, 2.24) is 0 Å². The van der Waals surface area contributed by atoms with Gasteiger partial charge in [0.1, 0.15) is 0 Å². The summed E-state index contributed by atoms with van der Waals surface area (Å²) in [5.74, 6) is 0.752. The Morgan fingerprint density at radius 2 is 1.78 bits per heavy atom. The highest BCUT2D eigenvalue weighted by molar-refractivity contribution is 5.14. The van der Waals surface area contributed by atoms with Crippen LogP contribution in [0.25, 0.3) is 0 Å². The number of nitrogens with two attached hydrogens (primary N) is 1. The smallest absolute Gasteiger partial charge is 0.00703 e. The van der Waals surface area contributed by atoms with Crippen LogP contribution in [0.2, 0.25) is 0 Å². The summed E-state index contributed by atoms with van der Waals surface area (Å²) in [5, 5.41) is 0. The molecule has 0 aromatic heterocycles. The van der Waals surface area contributed by atoms with E-state index in [1.807, 2.05) is 0 Å². The summed E-state index contributed by atoms with van der Waals surface area (Å²) in [6, 6.07) is 11.1. The second-order valence-corrected chi connectivity index (χ2v) is 6.69. The van der Waals surface area contributed by atoms with Gasteiger partial charge in [-0.2, -0.15) is 0 Å². The highest BCUT2D eigenvalue weighted by atomic mass is 14.7. The van der Waals surface area contributed by atoms with Gasteiger partial charge in [0, 0.05) is 6.04 Å². The van der Waals surface area contributed by atoms with Crippen molar-refractivity contribution in [2.24, 2.45) is 17.1 Å². The van der Waals surface area contributed by atoms with E-state index in [0.29, 0.717) is 11.5 Å². The third-order valence-corrected chi connectivity index (χ3v) is 4.60. The Hall–Kier alpha value is -0.820. The van der Waals surface area contributed by atoms with E-state index in [1.165, 1.54) is 31.2 Å². The SMILES string of the molecule is CC1(C)CCC(C(N)CCc2ccccc2)CC1. The Morgan fingerprint density at radius 3 is 2.39 bits per heavy atom. The molecule has 1 aliphatic rings. The number of hydrogen-bond acceptors (Lipinski definition) is 1. The lowest BCUT2D eigenvalue weighted by Crippen LogP contribution is -2.35. The molecule has 0 spiro atoms. The van der Waals surface area contributed by atoms with Crippen LogP contribution in [0.3, 0.4) is 0 Å². The first-order valence-corrected chi connectivity index (χ1v) is 7.36. The lowest BCUT2D eigenvalue weighted by molar-refractivity contribution is 0.170. The van der Waals surface area contributed by atoms with E-state index in [-0.39, 0.29) is 0 Å². The van der Waals surface area contributed by atoms with E-state index < -0.39 is 0 Å². The van der Waals surface area contributed by atoms with Gasteiger partial charge >= 0.3 is 0 Å². The lowest BCUT2D eigenvalue weighted by atomic mass is 9.70. The Bertz CT molecular complexity index is 345. The fourth-order valence-corrected chi connectivity index (χ4v) is 3.06. The summed E-state index contributed by atoms with van der Waals surface area (Å²) in [6.07, 6.45) is 7.59. The minimum Gasteiger partial charge on any atom is -0.327 e. The van der Waals surface area contributed by atoms with Crippen molar-refractivity contribution in [2.45, 2.75) is 58.4 Å². The molecule has 0 aliphatic heterocycles. The van der Waals surface area contributed by atoms with Crippen molar-refractivity contribution >= 4 is 0 Å². The van der Waals surface area contributed by atoms with Gasteiger partial charge < -0.3 is 5.73 Å². The van der Waals surface area contributed by atoms with Crippen molar-refractivity contribution in [3.8, 4) is 0 Å². The minimum atomic E-state index is 0.390. The van der Waals surface area contributed by atoms with Crippen molar-refractivity contribution in [3.63, 3.8) is 0 Å². The van der Waals surface area contributed by atoms with Gasteiger partial charge in [0.15, 0.2) is 0 Å². The van der Waals surface area contributed by atoms with E-state index in [0.717, 1.165) is 18.8 Å². The standard InChI is InChI=1S/C17H27N/c1-17(2)12-10-15(11-13-17)16(18)9-8-14-6-4-3-5-7-14/h3-7,15-16H,8-13,18H2,1-2H3. The highest BCUT2D eigenvalue weighted by Gasteiger charge is 2.29. The van der Waals surface area contributed by atoms with Crippen LogP contribution in [-0.4, -0.2) is 6.04 Å². The molecular formula is C17H27N. The van der Waals surface area contributed by atoms with Crippen LogP contribution in [0.5, 0.6) is 0 Å². The van der Waals surface area contributed by atoms with Crippen LogP contribution in [0.4, 0.5) is 0 Å². The Balaban J connectivity index is 1.77. The van der Waals surface area contributed by atoms with Crippen molar-refractivity contribution < 1.29 is 0 Å². The first kappa shape index (κ1) is 13.6. The van der Waals surface area contributed by atoms with E-state index in [9.17, 15) is 0 Å². The minimum absolute atomic E-state index is 0.390. The van der Waals surface area contributed by atoms with Gasteiger partial charge in [0.25, 0.3) is 0 Å². The Kier molecular flexibility index (Phi) is 4.45. The predicted octanol–water partition coefficient (Wildman–Crippen LogP) is 4.16. The van der Waals surface area contributed by atoms with Gasteiger partial charge in [-0.05, 0) is 55.4 Å². The van der Waals surface area contributed by atoms with E-state index in [1.54, 1.807) is 0 Å². The highest BCUT2D eigenvalue weighted by Crippen LogP contribution is 2.39. The maximum Gasteiger partial charge on any atom is 0.00703 e. The molecule has 0 saturated heterocycles. The van der Waals surface area contributed by atoms with Crippen molar-refractivity contribution in [3.05, 3.63) is 35.9 Å². The van der Waals surface area contributed by atoms with Crippen molar-refractivity contribution in [1.29, 1.82) is 0 Å². The molecule has 1 unspecified atom stereocenters. The quantitative estimate of drug-likeness (QED) is 0.846. The van der Waals surface area contributed by atoms with Crippen LogP contribution >= 0.6 is 0 Å². The number of benzene rings is 1. The summed E-state index contributed by atoms with van der Waals surface area (Å²) < 4.78 is 0. The summed E-state index contributed by atoms with van der Waals surface area (Å²) in [4.78, 5) is 0. The number of aryl methyl sites for hydroxylation is 1. The summed E-state index contributed by atoms with van der Waals surface area (Å²) >= 11 is 0. The van der Waals surface area contributed by atoms with E-state index in [2.05, 4.69) is 44.2 Å². The zero-order valence-corrected chi connectivity index (χ0v) is 11.9. The molecule has 1 atom stereocenters. The van der Waals surface area contributed by atoms with E-state index >= 15 is 0 Å². The molecular weight excluding hydrogens is 218 g/mol. The fourth-order valence-electron chi connectivity index (χ4n) is 3.06. The molecule has 1 saturated carbocycles. The van der Waals surface area contributed by atoms with Gasteiger partial charge in [-0.3, -0.25) is 0 Å². The second-order valence-electron chi connectivity index (χ2n) is 6.69. The molecule has 1 aliphatic carbocycles. The van der Waals surface area contributed by atoms with Gasteiger partial charge in [-0.25, -0.2) is 0 Å². The molecule has 1 fully saturated rings. The van der Waals surface area contributed by atoms with Gasteiger partial charge in [-0.1, -0.05) is 44.2 Å². The van der Waals surface area contributed by atoms with Crippen LogP contribution < -0.4 is 5.73 Å². The van der Waals surface area contributed by atoms with Gasteiger partial charge in [0.2, 0.25) is 0 Å². The third-order valence-electron chi connectivity index (χ3n) is 4.60. The second kappa shape index (κ2) is 5.88. The molecule has 2 rings (SSSR count). The Morgan fingerprint density at radius 1 is 1.17 bits per heavy atom. The molecule has 2 N–H and O–H groups in total. The molecule has 0 radical (unpaired) electrons. The number of hydrogen-bond donors (Lipinski definition) is 1. The molecule has 0 heterocycles. The largest absolute Gasteiger partial charge is 0.327 e. The van der Waals surface area contributed by atoms with Crippen LogP contribution in [-0.2, 0) is 6.42 Å². The molecule has 0 amide bonds. The first-order valence-electron chi connectivity index (χ1n) is 7.36. The maximum absolute atomic E-state index is 6.38. The molecule has 100 valence electrons. The average Bonchev–Trinajstić information content (AvgIpc) is 2.37. The summed E-state index contributed by atoms with van der Waals surface area (Å²) in [6.45, 7) is 4.78. The lowest BCUT2D eigenvalue weighted by Gasteiger charge is -2.36.